The summed E-state index contributed by atoms with van der Waals surface area (Å²) >= 11 is 1.71. The van der Waals surface area contributed by atoms with E-state index in [0.29, 0.717) is 17.5 Å². The number of rotatable bonds is 3. The van der Waals surface area contributed by atoms with Crippen LogP contribution in [0.25, 0.3) is 0 Å². The summed E-state index contributed by atoms with van der Waals surface area (Å²) in [7, 11) is 0. The zero-order valence-corrected chi connectivity index (χ0v) is 13.7. The number of amides is 1. The van der Waals surface area contributed by atoms with Crippen LogP contribution in [0.4, 0.5) is 0 Å². The molecule has 0 aliphatic carbocycles. The van der Waals surface area contributed by atoms with Crippen molar-refractivity contribution >= 4 is 17.2 Å². The van der Waals surface area contributed by atoms with Gasteiger partial charge in [0.05, 0.1) is 12.7 Å². The predicted octanol–water partition coefficient (Wildman–Crippen LogP) is 1.53. The van der Waals surface area contributed by atoms with Gasteiger partial charge in [-0.2, -0.15) is 0 Å². The van der Waals surface area contributed by atoms with Crippen LogP contribution in [0.2, 0.25) is 0 Å². The van der Waals surface area contributed by atoms with E-state index < -0.39 is 0 Å². The van der Waals surface area contributed by atoms with Gasteiger partial charge in [0.25, 0.3) is 5.91 Å². The summed E-state index contributed by atoms with van der Waals surface area (Å²) < 4.78 is 0. The van der Waals surface area contributed by atoms with E-state index in [1.807, 2.05) is 16.5 Å². The Bertz CT molecular complexity index is 662. The minimum atomic E-state index is 0.00919. The van der Waals surface area contributed by atoms with Crippen molar-refractivity contribution in [3.05, 3.63) is 40.9 Å². The Morgan fingerprint density at radius 2 is 2.09 bits per heavy atom. The largest absolute Gasteiger partial charge is 0.337 e. The second kappa shape index (κ2) is 6.33. The lowest BCUT2D eigenvalue weighted by Gasteiger charge is -2.34. The summed E-state index contributed by atoms with van der Waals surface area (Å²) in [5, 5.41) is 3.20. The molecule has 2 aromatic rings. The fourth-order valence-corrected chi connectivity index (χ4v) is 4.33. The van der Waals surface area contributed by atoms with Crippen LogP contribution in [0.5, 0.6) is 0 Å². The van der Waals surface area contributed by atoms with Gasteiger partial charge in [0, 0.05) is 50.1 Å². The molecule has 0 N–H and O–H groups in total. The monoisotopic (exact) mass is 329 g/mol. The average Bonchev–Trinajstić information content (AvgIpc) is 3.23. The van der Waals surface area contributed by atoms with E-state index in [4.69, 9.17) is 0 Å². The smallest absolute Gasteiger partial charge is 0.274 e. The van der Waals surface area contributed by atoms with Crippen LogP contribution >= 0.6 is 11.3 Å². The molecule has 4 rings (SSSR count). The molecule has 23 heavy (non-hydrogen) atoms. The van der Waals surface area contributed by atoms with E-state index in [1.54, 1.807) is 29.9 Å². The number of carbonyl (C=O) groups excluding carboxylic acids is 1. The molecule has 2 saturated heterocycles. The van der Waals surface area contributed by atoms with Gasteiger partial charge in [-0.3, -0.25) is 14.7 Å². The molecule has 4 heterocycles. The van der Waals surface area contributed by atoms with Gasteiger partial charge in [0.1, 0.15) is 10.7 Å². The second-order valence-electron chi connectivity index (χ2n) is 6.27. The highest BCUT2D eigenvalue weighted by atomic mass is 32.1. The van der Waals surface area contributed by atoms with Crippen molar-refractivity contribution in [3.8, 4) is 0 Å². The second-order valence-corrected chi connectivity index (χ2v) is 7.25. The molecule has 0 bridgehead atoms. The molecule has 7 heteroatoms. The molecule has 2 fully saturated rings. The number of nitrogens with zero attached hydrogens (tertiary/aromatic N) is 5. The first kappa shape index (κ1) is 14.7. The minimum Gasteiger partial charge on any atom is -0.337 e. The molecule has 1 amide bonds. The zero-order valence-electron chi connectivity index (χ0n) is 12.8. The maximum absolute atomic E-state index is 12.5. The van der Waals surface area contributed by atoms with Gasteiger partial charge < -0.3 is 4.90 Å². The molecule has 2 aliphatic rings. The number of hydrogen-bond acceptors (Lipinski definition) is 6. The van der Waals surface area contributed by atoms with Crippen molar-refractivity contribution in [2.75, 3.05) is 26.2 Å². The van der Waals surface area contributed by atoms with Gasteiger partial charge in [-0.05, 0) is 18.3 Å². The molecule has 0 saturated carbocycles. The van der Waals surface area contributed by atoms with E-state index in [9.17, 15) is 4.79 Å². The quantitative estimate of drug-likeness (QED) is 0.854. The van der Waals surface area contributed by atoms with Crippen LogP contribution in [0.3, 0.4) is 0 Å². The molecular formula is C16H19N5OS. The third-order valence-corrected chi connectivity index (χ3v) is 5.55. The van der Waals surface area contributed by atoms with Crippen molar-refractivity contribution in [2.45, 2.75) is 13.0 Å². The fraction of sp³-hybridized carbons (Fsp3) is 0.500. The Balaban J connectivity index is 1.39. The number of fused-ring (bicyclic) bond motifs is 1. The highest BCUT2D eigenvalue weighted by molar-refractivity contribution is 7.09. The Kier molecular flexibility index (Phi) is 4.05. The van der Waals surface area contributed by atoms with Crippen molar-refractivity contribution in [1.82, 2.24) is 24.8 Å². The summed E-state index contributed by atoms with van der Waals surface area (Å²) in [6.07, 6.45) is 7.66. The van der Waals surface area contributed by atoms with E-state index in [1.165, 1.54) is 5.01 Å². The highest BCUT2D eigenvalue weighted by Gasteiger charge is 2.38. The number of hydrogen-bond donors (Lipinski definition) is 0. The Morgan fingerprint density at radius 1 is 1.17 bits per heavy atom. The average molecular weight is 329 g/mol. The summed E-state index contributed by atoms with van der Waals surface area (Å²) in [6.45, 7) is 4.75. The van der Waals surface area contributed by atoms with Crippen molar-refractivity contribution < 1.29 is 4.79 Å². The summed E-state index contributed by atoms with van der Waals surface area (Å²) in [4.78, 5) is 29.5. The maximum Gasteiger partial charge on any atom is 0.274 e. The Morgan fingerprint density at radius 3 is 2.87 bits per heavy atom. The van der Waals surface area contributed by atoms with E-state index in [2.05, 4.69) is 19.9 Å². The van der Waals surface area contributed by atoms with Crippen LogP contribution in [-0.2, 0) is 6.54 Å². The third-order valence-electron chi connectivity index (χ3n) is 4.79. The van der Waals surface area contributed by atoms with Gasteiger partial charge in [-0.15, -0.1) is 11.3 Å². The van der Waals surface area contributed by atoms with Gasteiger partial charge in [0.15, 0.2) is 0 Å². The molecule has 0 radical (unpaired) electrons. The van der Waals surface area contributed by atoms with Crippen LogP contribution in [0, 0.1) is 11.8 Å². The number of aromatic nitrogens is 3. The molecule has 0 aromatic carbocycles. The van der Waals surface area contributed by atoms with Crippen molar-refractivity contribution in [2.24, 2.45) is 11.8 Å². The first-order valence-electron chi connectivity index (χ1n) is 7.95. The van der Waals surface area contributed by atoms with Gasteiger partial charge in [-0.1, -0.05) is 0 Å². The normalized spacial score (nSPS) is 24.6. The topological polar surface area (TPSA) is 62.2 Å². The van der Waals surface area contributed by atoms with Crippen LogP contribution in [-0.4, -0.2) is 56.8 Å². The lowest BCUT2D eigenvalue weighted by Crippen LogP contribution is -2.43. The van der Waals surface area contributed by atoms with Crippen molar-refractivity contribution in [3.63, 3.8) is 0 Å². The number of likely N-dealkylation sites (tertiary alicyclic amines) is 2. The minimum absolute atomic E-state index is 0.00919. The van der Waals surface area contributed by atoms with Gasteiger partial charge in [0.2, 0.25) is 0 Å². The fourth-order valence-electron chi connectivity index (χ4n) is 3.67. The molecule has 2 atom stereocenters. The SMILES string of the molecule is O=C(c1cnccn1)N1CC[C@H]2CN(Cc3nccs3)C[C@H]2C1. The zero-order chi connectivity index (χ0) is 15.6. The van der Waals surface area contributed by atoms with Gasteiger partial charge >= 0.3 is 0 Å². The van der Waals surface area contributed by atoms with E-state index in [0.717, 1.165) is 39.1 Å². The lowest BCUT2D eigenvalue weighted by molar-refractivity contribution is 0.0635. The maximum atomic E-state index is 12.5. The van der Waals surface area contributed by atoms with Crippen LogP contribution in [0.15, 0.2) is 30.2 Å². The first-order chi connectivity index (χ1) is 11.3. The van der Waals surface area contributed by atoms with Gasteiger partial charge in [-0.25, -0.2) is 9.97 Å². The molecule has 6 nitrogen and oxygen atoms in total. The standard InChI is InChI=1S/C16H19N5OS/c22-16(14-7-17-2-3-18-14)21-5-1-12-8-20(9-13(12)10-21)11-15-19-4-6-23-15/h2-4,6-7,12-13H,1,5,8-11H2/t12-,13-/m0/s1. The van der Waals surface area contributed by atoms with Crippen LogP contribution < -0.4 is 0 Å². The third kappa shape index (κ3) is 3.11. The Hall–Kier alpha value is -1.86. The molecule has 2 aliphatic heterocycles. The summed E-state index contributed by atoms with van der Waals surface area (Å²) in [5.41, 5.74) is 0.448. The molecule has 0 unspecified atom stereocenters. The summed E-state index contributed by atoms with van der Waals surface area (Å²) in [6, 6.07) is 0. The molecular weight excluding hydrogens is 310 g/mol. The van der Waals surface area contributed by atoms with E-state index >= 15 is 0 Å². The first-order valence-corrected chi connectivity index (χ1v) is 8.83. The molecule has 2 aromatic heterocycles. The molecule has 0 spiro atoms. The predicted molar refractivity (Wildman–Crippen MR) is 86.9 cm³/mol. The van der Waals surface area contributed by atoms with E-state index in [-0.39, 0.29) is 5.91 Å². The number of thiazole rings is 1. The number of carbonyl (C=O) groups is 1. The number of piperidine rings is 1. The Labute approximate surface area is 139 Å². The summed E-state index contributed by atoms with van der Waals surface area (Å²) in [5.74, 6) is 1.26. The lowest BCUT2D eigenvalue weighted by atomic mass is 9.88. The molecule has 120 valence electrons. The van der Waals surface area contributed by atoms with Crippen LogP contribution in [0.1, 0.15) is 21.9 Å². The highest BCUT2D eigenvalue weighted by Crippen LogP contribution is 2.32. The van der Waals surface area contributed by atoms with Crippen molar-refractivity contribution in [1.29, 1.82) is 0 Å².